The predicted molar refractivity (Wildman–Crippen MR) is 128 cm³/mol. The minimum atomic E-state index is -0.635. The lowest BCUT2D eigenvalue weighted by molar-refractivity contribution is -0.136. The lowest BCUT2D eigenvalue weighted by Crippen LogP contribution is -2.52. The van der Waals surface area contributed by atoms with Crippen LogP contribution >= 0.6 is 0 Å². The molecule has 0 aromatic heterocycles. The van der Waals surface area contributed by atoms with E-state index in [2.05, 4.69) is 16.0 Å². The van der Waals surface area contributed by atoms with Gasteiger partial charge in [-0.05, 0) is 55.7 Å². The van der Waals surface area contributed by atoms with E-state index in [-0.39, 0.29) is 23.9 Å². The average Bonchev–Trinajstić information content (AvgIpc) is 2.83. The molecule has 33 heavy (non-hydrogen) atoms. The summed E-state index contributed by atoms with van der Waals surface area (Å²) < 4.78 is 5.11. The third-order valence-electron chi connectivity index (χ3n) is 5.45. The Kier molecular flexibility index (Phi) is 8.46. The largest absolute Gasteiger partial charge is 0.497 e. The maximum atomic E-state index is 12.7. The topological polar surface area (TPSA) is 99.8 Å². The number of hydrogen-bond acceptors (Lipinski definition) is 4. The van der Waals surface area contributed by atoms with Crippen molar-refractivity contribution in [2.75, 3.05) is 25.5 Å². The molecule has 1 atom stereocenters. The van der Waals surface area contributed by atoms with Gasteiger partial charge >= 0.3 is 6.03 Å². The number of methoxy groups -OCH3 is 1. The highest BCUT2D eigenvalue weighted by atomic mass is 16.5. The quantitative estimate of drug-likeness (QED) is 0.565. The van der Waals surface area contributed by atoms with Gasteiger partial charge in [-0.2, -0.15) is 0 Å². The second-order valence-electron chi connectivity index (χ2n) is 7.90. The van der Waals surface area contributed by atoms with E-state index < -0.39 is 6.04 Å². The van der Waals surface area contributed by atoms with Gasteiger partial charge in [0.05, 0.1) is 7.11 Å². The normalized spacial score (nSPS) is 15.0. The number of hydrogen-bond donors (Lipinski definition) is 3. The molecule has 0 radical (unpaired) electrons. The van der Waals surface area contributed by atoms with E-state index in [4.69, 9.17) is 4.74 Å². The van der Waals surface area contributed by atoms with Crippen molar-refractivity contribution in [1.82, 2.24) is 15.5 Å². The number of nitrogens with one attached hydrogen (secondary N) is 3. The molecule has 2 aromatic rings. The Morgan fingerprint density at radius 1 is 1.03 bits per heavy atom. The Morgan fingerprint density at radius 3 is 2.33 bits per heavy atom. The maximum Gasteiger partial charge on any atom is 0.319 e. The van der Waals surface area contributed by atoms with Gasteiger partial charge in [0.2, 0.25) is 11.8 Å². The lowest BCUT2D eigenvalue weighted by atomic mass is 10.0. The zero-order valence-electron chi connectivity index (χ0n) is 18.9. The number of carbonyl (C=O) groups is 3. The van der Waals surface area contributed by atoms with Crippen LogP contribution in [0.1, 0.15) is 25.3 Å². The van der Waals surface area contributed by atoms with Crippen LogP contribution < -0.4 is 20.7 Å². The fraction of sp³-hybridized carbons (Fsp3) is 0.320. The van der Waals surface area contributed by atoms with Gasteiger partial charge in [-0.25, -0.2) is 4.79 Å². The van der Waals surface area contributed by atoms with Crippen LogP contribution in [0.5, 0.6) is 5.75 Å². The highest BCUT2D eigenvalue weighted by Crippen LogP contribution is 2.14. The summed E-state index contributed by atoms with van der Waals surface area (Å²) in [6, 6.07) is 15.7. The summed E-state index contributed by atoms with van der Waals surface area (Å²) in [6.07, 6.45) is 4.41. The Bertz CT molecular complexity index is 968. The first-order valence-corrected chi connectivity index (χ1v) is 11.0. The molecule has 3 rings (SSSR count). The van der Waals surface area contributed by atoms with Crippen molar-refractivity contribution < 1.29 is 19.1 Å². The van der Waals surface area contributed by atoms with Crippen LogP contribution in [0.15, 0.2) is 60.7 Å². The van der Waals surface area contributed by atoms with Crippen molar-refractivity contribution in [2.45, 2.75) is 31.8 Å². The van der Waals surface area contributed by atoms with Crippen LogP contribution in [0.2, 0.25) is 0 Å². The van der Waals surface area contributed by atoms with Gasteiger partial charge in [-0.1, -0.05) is 30.3 Å². The second-order valence-corrected chi connectivity index (χ2v) is 7.90. The lowest BCUT2D eigenvalue weighted by Gasteiger charge is -2.34. The molecule has 3 N–H and O–H groups in total. The smallest absolute Gasteiger partial charge is 0.319 e. The minimum absolute atomic E-state index is 0.00455. The first-order chi connectivity index (χ1) is 15.9. The Morgan fingerprint density at radius 2 is 1.70 bits per heavy atom. The number of piperidine rings is 1. The van der Waals surface area contributed by atoms with E-state index in [0.717, 1.165) is 17.0 Å². The molecule has 174 valence electrons. The molecule has 8 nitrogen and oxygen atoms in total. The molecule has 1 aliphatic rings. The van der Waals surface area contributed by atoms with Gasteiger partial charge in [0.15, 0.2) is 0 Å². The second kappa shape index (κ2) is 11.7. The number of likely N-dealkylation sites (tertiary alicyclic amines) is 1. The van der Waals surface area contributed by atoms with E-state index in [9.17, 15) is 14.4 Å². The molecule has 0 aliphatic carbocycles. The number of nitrogens with zero attached hydrogens (tertiary/aromatic N) is 1. The number of ether oxygens (including phenoxy) is 1. The average molecular weight is 451 g/mol. The van der Waals surface area contributed by atoms with Crippen LogP contribution in [0, 0.1) is 0 Å². The van der Waals surface area contributed by atoms with Crippen molar-refractivity contribution in [3.05, 3.63) is 66.2 Å². The molecule has 0 spiro atoms. The fourth-order valence-electron chi connectivity index (χ4n) is 3.60. The maximum absolute atomic E-state index is 12.7. The number of rotatable bonds is 7. The molecular weight excluding hydrogens is 420 g/mol. The highest BCUT2D eigenvalue weighted by molar-refractivity contribution is 5.95. The number of carbonyl (C=O) groups excluding carboxylic acids is 3. The van der Waals surface area contributed by atoms with Crippen LogP contribution in [0.25, 0.3) is 6.08 Å². The van der Waals surface area contributed by atoms with E-state index in [1.807, 2.05) is 54.6 Å². The van der Waals surface area contributed by atoms with E-state index >= 15 is 0 Å². The molecule has 0 saturated carbocycles. The molecule has 0 bridgehead atoms. The van der Waals surface area contributed by atoms with Crippen molar-refractivity contribution in [3.63, 3.8) is 0 Å². The van der Waals surface area contributed by atoms with Crippen LogP contribution in [-0.4, -0.2) is 55.0 Å². The summed E-state index contributed by atoms with van der Waals surface area (Å²) in [5.41, 5.74) is 1.59. The Labute approximate surface area is 194 Å². The minimum Gasteiger partial charge on any atom is -0.497 e. The first-order valence-electron chi connectivity index (χ1n) is 11.0. The molecular formula is C25H30N4O4. The molecule has 1 aliphatic heterocycles. The zero-order valence-corrected chi connectivity index (χ0v) is 18.9. The molecule has 2 aromatic carbocycles. The first kappa shape index (κ1) is 23.8. The van der Waals surface area contributed by atoms with Crippen LogP contribution in [0.4, 0.5) is 10.5 Å². The monoisotopic (exact) mass is 450 g/mol. The van der Waals surface area contributed by atoms with Crippen molar-refractivity contribution in [2.24, 2.45) is 0 Å². The summed E-state index contributed by atoms with van der Waals surface area (Å²) in [7, 11) is 1.60. The third-order valence-corrected chi connectivity index (χ3v) is 5.45. The van der Waals surface area contributed by atoms with Gasteiger partial charge in [-0.15, -0.1) is 0 Å². The van der Waals surface area contributed by atoms with Gasteiger partial charge in [0.25, 0.3) is 0 Å². The summed E-state index contributed by atoms with van der Waals surface area (Å²) in [5, 5.41) is 8.47. The van der Waals surface area contributed by atoms with Gasteiger partial charge < -0.3 is 25.6 Å². The van der Waals surface area contributed by atoms with Gasteiger partial charge in [-0.3, -0.25) is 9.59 Å². The predicted octanol–water partition coefficient (Wildman–Crippen LogP) is 3.03. The van der Waals surface area contributed by atoms with Crippen LogP contribution in [0.3, 0.4) is 0 Å². The van der Waals surface area contributed by atoms with Crippen LogP contribution in [-0.2, 0) is 9.59 Å². The number of anilines is 1. The Hall–Kier alpha value is -3.81. The summed E-state index contributed by atoms with van der Waals surface area (Å²) in [6.45, 7) is 2.73. The number of urea groups is 1. The number of amides is 4. The van der Waals surface area contributed by atoms with E-state index in [1.165, 1.54) is 6.08 Å². The standard InChI is InChI=1S/C25H30N4O4/c1-18(26-23(30)13-10-19-8-11-22(33-2)12-9-19)24(31)29-16-14-21(15-17-29)28-25(32)27-20-6-4-3-5-7-20/h3-13,18,21H,14-17H2,1-2H3,(H,26,30)(H2,27,28,32). The molecule has 8 heteroatoms. The third kappa shape index (κ3) is 7.38. The summed E-state index contributed by atoms with van der Waals surface area (Å²) in [4.78, 5) is 38.8. The number of benzene rings is 2. The Balaban J connectivity index is 1.40. The molecule has 1 saturated heterocycles. The van der Waals surface area contributed by atoms with Crippen molar-refractivity contribution in [1.29, 1.82) is 0 Å². The zero-order chi connectivity index (χ0) is 23.6. The SMILES string of the molecule is COc1ccc(C=CC(=O)NC(C)C(=O)N2CCC(NC(=O)Nc3ccccc3)CC2)cc1. The van der Waals surface area contributed by atoms with Gasteiger partial charge in [0, 0.05) is 30.9 Å². The van der Waals surface area contributed by atoms with Gasteiger partial charge in [0.1, 0.15) is 11.8 Å². The summed E-state index contributed by atoms with van der Waals surface area (Å²) >= 11 is 0. The fourth-order valence-corrected chi connectivity index (χ4v) is 3.60. The van der Waals surface area contributed by atoms with Crippen molar-refractivity contribution in [3.8, 4) is 5.75 Å². The molecule has 4 amide bonds. The summed E-state index contributed by atoms with van der Waals surface area (Å²) in [5.74, 6) is 0.279. The molecule has 1 heterocycles. The van der Waals surface area contributed by atoms with E-state index in [0.29, 0.717) is 25.9 Å². The van der Waals surface area contributed by atoms with E-state index in [1.54, 1.807) is 25.0 Å². The van der Waals surface area contributed by atoms with Crippen molar-refractivity contribution >= 4 is 29.6 Å². The number of para-hydroxylation sites is 1. The highest BCUT2D eigenvalue weighted by Gasteiger charge is 2.27. The molecule has 1 unspecified atom stereocenters. The molecule has 1 fully saturated rings.